The van der Waals surface area contributed by atoms with Gasteiger partial charge in [0.1, 0.15) is 0 Å². The van der Waals surface area contributed by atoms with E-state index in [0.29, 0.717) is 0 Å². The van der Waals surface area contributed by atoms with Crippen molar-refractivity contribution in [1.29, 1.82) is 0 Å². The molecule has 0 heterocycles. The van der Waals surface area contributed by atoms with Crippen LogP contribution in [-0.4, -0.2) is 127 Å². The molecule has 3 aromatic rings. The molecule has 0 saturated carbocycles. The summed E-state index contributed by atoms with van der Waals surface area (Å²) in [6, 6.07) is -6.67. The normalized spacial score (nSPS) is 15.2. The number of hydrogen-bond donors (Lipinski definition) is 1. The van der Waals surface area contributed by atoms with E-state index in [1.54, 1.807) is 0 Å². The van der Waals surface area contributed by atoms with Crippen LogP contribution in [0.1, 0.15) is 69.3 Å². The van der Waals surface area contributed by atoms with E-state index in [2.05, 4.69) is 28.4 Å². The van der Waals surface area contributed by atoms with E-state index in [9.17, 15) is 110 Å². The summed E-state index contributed by atoms with van der Waals surface area (Å²) in [5.74, 6) is 0. The number of hydrogen-bond acceptors (Lipinski definition) is 7. The third-order valence-electron chi connectivity index (χ3n) is 13.9. The van der Waals surface area contributed by atoms with Gasteiger partial charge in [0.2, 0.25) is 0 Å². The number of methoxy groups -OCH3 is 4. The van der Waals surface area contributed by atoms with Crippen LogP contribution >= 0.6 is 0 Å². The van der Waals surface area contributed by atoms with Crippen molar-refractivity contribution in [3.8, 4) is 0 Å². The molecule has 0 aliphatic heterocycles. The number of aliphatic hydroxyl groups excluding tert-OH is 1. The maximum Gasteiger partial charge on any atom is 0.430 e. The highest BCUT2D eigenvalue weighted by Crippen LogP contribution is 2.61. The second-order valence-corrected chi connectivity index (χ2v) is 19.4. The first kappa shape index (κ1) is 81.1. The fourth-order valence-electron chi connectivity index (χ4n) is 9.83. The summed E-state index contributed by atoms with van der Waals surface area (Å²) >= 11 is 0. The Morgan fingerprint density at radius 2 is 0.391 bits per heavy atom. The highest BCUT2D eigenvalue weighted by atomic mass is 19.5. The standard InChI is InChI=1S/C49H40F36O7/c1-87-32(38(50,51)52,39(53,54)55)26-14-24(15-27(20-26)33(88-2,40(56,57)58)41(59,60)61)9-6-12-91-36(46(74,75)76,47(77,78)79)30-18-23(8-5-11-86)19-31(22-30)37(48(80,81)82,49(83,84)85)92-13-7-10-25-16-28(34(89-3,42(62,63)64)43(65,66)67)21-29(17-25)35(90-4,44(68,69)70)45(71,72)73/h14-22,86H,5-13H2,1-4H3. The summed E-state index contributed by atoms with van der Waals surface area (Å²) in [4.78, 5) is 0. The SMILES string of the molecule is COC(c1cc(CCCOC(c2cc(CCCO)cc(C(OCCCc3cc(C(OC)(C(F)(F)F)C(F)(F)F)cc(C(OC)(C(F)(F)F)C(F)(F)F)c3)(C(F)(F)F)C(F)(F)F)c2)(C(F)(F)F)C(F)(F)F)cc(C(OC)(C(F)(F)F)C(F)(F)F)c1)(C(F)(F)F)C(F)(F)F. The largest absolute Gasteiger partial charge is 0.430 e. The molecule has 0 aliphatic carbocycles. The summed E-state index contributed by atoms with van der Waals surface area (Å²) in [6.07, 6.45) is -95.1. The van der Waals surface area contributed by atoms with E-state index >= 15 is 52.7 Å². The Hall–Kier alpha value is -5.14. The Kier molecular flexibility index (Phi) is 23.0. The van der Waals surface area contributed by atoms with Gasteiger partial charge >= 0.3 is 74.1 Å². The van der Waals surface area contributed by atoms with Crippen molar-refractivity contribution in [3.05, 3.63) is 105 Å². The number of halogens is 36. The smallest absolute Gasteiger partial charge is 0.396 e. The second-order valence-electron chi connectivity index (χ2n) is 19.4. The molecule has 0 aliphatic rings. The van der Waals surface area contributed by atoms with Crippen molar-refractivity contribution in [1.82, 2.24) is 0 Å². The molecular formula is C49H40F36O7. The molecule has 0 spiro atoms. The van der Waals surface area contributed by atoms with Gasteiger partial charge in [0, 0.05) is 81.6 Å². The van der Waals surface area contributed by atoms with Crippen molar-refractivity contribution >= 4 is 0 Å². The number of alkyl halides is 36. The molecule has 3 aromatic carbocycles. The number of benzene rings is 3. The minimum atomic E-state index is -7.34. The molecule has 0 bridgehead atoms. The van der Waals surface area contributed by atoms with Gasteiger partial charge in [-0.15, -0.1) is 0 Å². The van der Waals surface area contributed by atoms with Crippen LogP contribution in [0.5, 0.6) is 0 Å². The van der Waals surface area contributed by atoms with Gasteiger partial charge in [0.25, 0.3) is 33.6 Å². The molecule has 0 unspecified atom stereocenters. The lowest BCUT2D eigenvalue weighted by molar-refractivity contribution is -0.392. The molecule has 0 radical (unpaired) electrons. The van der Waals surface area contributed by atoms with Crippen molar-refractivity contribution in [2.45, 2.75) is 146 Å². The topological polar surface area (TPSA) is 75.6 Å². The zero-order valence-corrected chi connectivity index (χ0v) is 45.6. The van der Waals surface area contributed by atoms with Gasteiger partial charge in [-0.1, -0.05) is 36.4 Å². The Bertz CT molecular complexity index is 2560. The van der Waals surface area contributed by atoms with Gasteiger partial charge < -0.3 is 33.5 Å². The molecule has 0 amide bonds. The van der Waals surface area contributed by atoms with Crippen LogP contribution in [0.4, 0.5) is 158 Å². The molecule has 92 heavy (non-hydrogen) atoms. The Balaban J connectivity index is 2.46. The summed E-state index contributed by atoms with van der Waals surface area (Å²) in [6.45, 7) is -6.26. The van der Waals surface area contributed by atoms with E-state index < -0.39 is 299 Å². The van der Waals surface area contributed by atoms with Crippen molar-refractivity contribution in [2.75, 3.05) is 48.3 Å². The molecule has 43 heteroatoms. The predicted molar refractivity (Wildman–Crippen MR) is 234 cm³/mol. The average Bonchev–Trinajstić information content (AvgIpc) is 0.728. The third kappa shape index (κ3) is 13.9. The van der Waals surface area contributed by atoms with Crippen LogP contribution in [0.3, 0.4) is 0 Å². The fourth-order valence-corrected chi connectivity index (χ4v) is 9.83. The lowest BCUT2D eigenvalue weighted by atomic mass is 9.82. The van der Waals surface area contributed by atoms with E-state index in [-0.39, 0.29) is 0 Å². The van der Waals surface area contributed by atoms with Gasteiger partial charge in [-0.3, -0.25) is 0 Å². The van der Waals surface area contributed by atoms with Crippen molar-refractivity contribution in [2.24, 2.45) is 0 Å². The van der Waals surface area contributed by atoms with Crippen LogP contribution in [0.2, 0.25) is 0 Å². The minimum Gasteiger partial charge on any atom is -0.396 e. The first-order chi connectivity index (χ1) is 41.0. The van der Waals surface area contributed by atoms with Gasteiger partial charge in [-0.05, 0) is 73.4 Å². The predicted octanol–water partition coefficient (Wildman–Crippen LogP) is 17.4. The van der Waals surface area contributed by atoms with E-state index in [1.807, 2.05) is 0 Å². The minimum absolute atomic E-state index is 0.442. The Morgan fingerprint density at radius 3 is 0.533 bits per heavy atom. The molecule has 530 valence electrons. The number of rotatable bonds is 23. The van der Waals surface area contributed by atoms with Gasteiger partial charge in [0.15, 0.2) is 0 Å². The zero-order chi connectivity index (χ0) is 72.2. The molecule has 0 atom stereocenters. The van der Waals surface area contributed by atoms with E-state index in [1.165, 1.54) is 0 Å². The van der Waals surface area contributed by atoms with E-state index in [0.717, 1.165) is 0 Å². The van der Waals surface area contributed by atoms with Gasteiger partial charge in [-0.25, -0.2) is 0 Å². The molecule has 0 fully saturated rings. The Labute approximate surface area is 490 Å². The monoisotopic (exact) mass is 1420 g/mol. The second kappa shape index (κ2) is 26.1. The summed E-state index contributed by atoms with van der Waals surface area (Å²) in [5.41, 5.74) is -58.7. The van der Waals surface area contributed by atoms with Crippen molar-refractivity contribution in [3.63, 3.8) is 0 Å². The molecule has 0 saturated heterocycles. The number of aryl methyl sites for hydroxylation is 3. The van der Waals surface area contributed by atoms with Crippen molar-refractivity contribution < 1.29 is 192 Å². The Morgan fingerprint density at radius 1 is 0.239 bits per heavy atom. The van der Waals surface area contributed by atoms with Crippen LogP contribution in [0.25, 0.3) is 0 Å². The molecule has 3 rings (SSSR count). The summed E-state index contributed by atoms with van der Waals surface area (Å²) < 4.78 is 551. The molecular weight excluding hydrogens is 1380 g/mol. The maximum atomic E-state index is 15.3. The van der Waals surface area contributed by atoms with E-state index in [4.69, 9.17) is 0 Å². The van der Waals surface area contributed by atoms with Crippen LogP contribution in [0.15, 0.2) is 54.6 Å². The quantitative estimate of drug-likeness (QED) is 0.0749. The summed E-state index contributed by atoms with van der Waals surface area (Å²) in [7, 11) is -1.77. The fraction of sp³-hybridized carbons (Fsp3) is 0.633. The van der Waals surface area contributed by atoms with Crippen LogP contribution in [-0.2, 0) is 81.3 Å². The summed E-state index contributed by atoms with van der Waals surface area (Å²) in [5, 5.41) is 9.36. The highest BCUT2D eigenvalue weighted by molar-refractivity contribution is 5.44. The molecule has 7 nitrogen and oxygen atoms in total. The average molecular weight is 1420 g/mol. The number of aliphatic hydroxyl groups is 1. The first-order valence-corrected chi connectivity index (χ1v) is 24.3. The third-order valence-corrected chi connectivity index (χ3v) is 13.9. The molecule has 1 N–H and O–H groups in total. The van der Waals surface area contributed by atoms with Crippen LogP contribution in [0, 0.1) is 0 Å². The number of ether oxygens (including phenoxy) is 6. The zero-order valence-electron chi connectivity index (χ0n) is 45.6. The lowest BCUT2D eigenvalue weighted by Crippen LogP contribution is -2.58. The van der Waals surface area contributed by atoms with Gasteiger partial charge in [0.05, 0.1) is 0 Å². The maximum absolute atomic E-state index is 15.3. The highest BCUT2D eigenvalue weighted by Gasteiger charge is 2.80. The van der Waals surface area contributed by atoms with Gasteiger partial charge in [-0.2, -0.15) is 158 Å². The first-order valence-electron chi connectivity index (χ1n) is 24.3. The molecule has 0 aromatic heterocycles. The lowest BCUT2D eigenvalue weighted by Gasteiger charge is -2.40. The van der Waals surface area contributed by atoms with Crippen LogP contribution < -0.4 is 0 Å².